The molecule has 0 aromatic heterocycles. The number of fused-ring (bicyclic) bond motifs is 1. The lowest BCUT2D eigenvalue weighted by Crippen LogP contribution is -2.17. The highest BCUT2D eigenvalue weighted by Gasteiger charge is 2.36. The zero-order chi connectivity index (χ0) is 10.8. The quantitative estimate of drug-likeness (QED) is 0.557. The van der Waals surface area contributed by atoms with Crippen LogP contribution in [0.4, 0.5) is 0 Å². The smallest absolute Gasteiger partial charge is 0.306 e. The molecular weight excluding hydrogens is 192 g/mol. The Hall–Kier alpha value is -0.830. The Morgan fingerprint density at radius 1 is 1.60 bits per heavy atom. The Kier molecular flexibility index (Phi) is 3.10. The summed E-state index contributed by atoms with van der Waals surface area (Å²) in [5.41, 5.74) is 1.32. The summed E-state index contributed by atoms with van der Waals surface area (Å²) in [5.74, 6) is 0.755. The number of esters is 1. The molecule has 0 bridgehead atoms. The van der Waals surface area contributed by atoms with Crippen molar-refractivity contribution in [1.82, 2.24) is 0 Å². The number of rotatable bonds is 2. The average Bonchev–Trinajstić information content (AvgIpc) is 2.46. The van der Waals surface area contributed by atoms with Crippen LogP contribution in [0.1, 0.15) is 32.6 Å². The Morgan fingerprint density at radius 2 is 2.40 bits per heavy atom. The van der Waals surface area contributed by atoms with Crippen molar-refractivity contribution in [2.75, 3.05) is 6.61 Å². The van der Waals surface area contributed by atoms with E-state index in [-0.39, 0.29) is 18.7 Å². The summed E-state index contributed by atoms with van der Waals surface area (Å²) in [7, 11) is 0. The number of aliphatic hydroxyl groups excluding tert-OH is 1. The van der Waals surface area contributed by atoms with Crippen LogP contribution < -0.4 is 0 Å². The molecule has 0 saturated carbocycles. The van der Waals surface area contributed by atoms with Crippen LogP contribution in [0.5, 0.6) is 0 Å². The number of ether oxygens (including phenoxy) is 1. The molecule has 1 N–H and O–H groups in total. The Balaban J connectivity index is 2.07. The van der Waals surface area contributed by atoms with Gasteiger partial charge in [-0.1, -0.05) is 18.6 Å². The molecule has 0 spiro atoms. The lowest BCUT2D eigenvalue weighted by Gasteiger charge is -2.18. The molecule has 2 aliphatic rings. The fraction of sp³-hybridized carbons (Fsp3) is 0.750. The van der Waals surface area contributed by atoms with Crippen LogP contribution >= 0.6 is 0 Å². The second kappa shape index (κ2) is 4.35. The van der Waals surface area contributed by atoms with E-state index in [1.54, 1.807) is 0 Å². The van der Waals surface area contributed by atoms with Gasteiger partial charge in [0.05, 0.1) is 6.42 Å². The van der Waals surface area contributed by atoms with Crippen molar-refractivity contribution in [2.45, 2.75) is 38.7 Å². The number of hydrogen-bond acceptors (Lipinski definition) is 3. The van der Waals surface area contributed by atoms with E-state index in [0.29, 0.717) is 18.3 Å². The molecular formula is C12H18O3. The number of aliphatic hydroxyl groups is 1. The van der Waals surface area contributed by atoms with Crippen LogP contribution in [0.25, 0.3) is 0 Å². The van der Waals surface area contributed by atoms with Gasteiger partial charge in [-0.3, -0.25) is 4.79 Å². The predicted molar refractivity (Wildman–Crippen MR) is 56.2 cm³/mol. The van der Waals surface area contributed by atoms with Gasteiger partial charge in [0.1, 0.15) is 6.10 Å². The van der Waals surface area contributed by atoms with Gasteiger partial charge in [-0.25, -0.2) is 0 Å². The third-order valence-electron chi connectivity index (χ3n) is 3.54. The molecule has 0 aromatic carbocycles. The fourth-order valence-corrected chi connectivity index (χ4v) is 2.62. The molecule has 1 heterocycles. The third kappa shape index (κ3) is 2.23. The third-order valence-corrected chi connectivity index (χ3v) is 3.54. The normalized spacial score (nSPS) is 35.5. The van der Waals surface area contributed by atoms with Crippen LogP contribution in [-0.4, -0.2) is 23.8 Å². The van der Waals surface area contributed by atoms with E-state index in [4.69, 9.17) is 9.84 Å². The maximum atomic E-state index is 11.2. The molecule has 1 aliphatic carbocycles. The summed E-state index contributed by atoms with van der Waals surface area (Å²) >= 11 is 0. The molecule has 1 fully saturated rings. The monoisotopic (exact) mass is 210 g/mol. The first kappa shape index (κ1) is 10.7. The van der Waals surface area contributed by atoms with Crippen LogP contribution in [0.3, 0.4) is 0 Å². The van der Waals surface area contributed by atoms with Crippen molar-refractivity contribution < 1.29 is 14.6 Å². The molecule has 2 rings (SSSR count). The van der Waals surface area contributed by atoms with Gasteiger partial charge >= 0.3 is 5.97 Å². The van der Waals surface area contributed by atoms with E-state index in [2.05, 4.69) is 13.0 Å². The lowest BCUT2D eigenvalue weighted by molar-refractivity contribution is -0.141. The maximum absolute atomic E-state index is 11.2. The van der Waals surface area contributed by atoms with Crippen LogP contribution in [0.15, 0.2) is 11.6 Å². The minimum Gasteiger partial charge on any atom is -0.462 e. The second-order valence-electron chi connectivity index (χ2n) is 4.62. The zero-order valence-corrected chi connectivity index (χ0v) is 9.11. The van der Waals surface area contributed by atoms with Crippen molar-refractivity contribution in [3.05, 3.63) is 11.6 Å². The molecule has 0 amide bonds. The topological polar surface area (TPSA) is 46.5 Å². The minimum atomic E-state index is -0.0452. The molecule has 0 unspecified atom stereocenters. The second-order valence-corrected chi connectivity index (χ2v) is 4.62. The van der Waals surface area contributed by atoms with Crippen molar-refractivity contribution >= 4 is 5.97 Å². The molecule has 0 aromatic rings. The highest BCUT2D eigenvalue weighted by molar-refractivity contribution is 5.72. The van der Waals surface area contributed by atoms with E-state index >= 15 is 0 Å². The highest BCUT2D eigenvalue weighted by Crippen LogP contribution is 2.36. The molecule has 3 heteroatoms. The van der Waals surface area contributed by atoms with Crippen molar-refractivity contribution in [2.24, 2.45) is 11.8 Å². The van der Waals surface area contributed by atoms with Crippen molar-refractivity contribution in [3.63, 3.8) is 0 Å². The van der Waals surface area contributed by atoms with Gasteiger partial charge in [-0.15, -0.1) is 0 Å². The van der Waals surface area contributed by atoms with Crippen LogP contribution in [-0.2, 0) is 9.53 Å². The summed E-state index contributed by atoms with van der Waals surface area (Å²) in [4.78, 5) is 11.2. The Labute approximate surface area is 90.1 Å². The van der Waals surface area contributed by atoms with Gasteiger partial charge in [0.25, 0.3) is 0 Å². The fourth-order valence-electron chi connectivity index (χ4n) is 2.62. The summed E-state index contributed by atoms with van der Waals surface area (Å²) in [5, 5.41) is 8.95. The van der Waals surface area contributed by atoms with E-state index in [1.807, 2.05) is 0 Å². The summed E-state index contributed by atoms with van der Waals surface area (Å²) in [6, 6.07) is 0. The van der Waals surface area contributed by atoms with Gasteiger partial charge < -0.3 is 9.84 Å². The SMILES string of the molecule is C[C@H]1C[C@@H]2OC(=O)C[C@H]2CC=C1CCO. The number of carbonyl (C=O) groups is 1. The molecule has 84 valence electrons. The Bertz CT molecular complexity index is 283. The van der Waals surface area contributed by atoms with Gasteiger partial charge in [-0.2, -0.15) is 0 Å². The van der Waals surface area contributed by atoms with E-state index in [9.17, 15) is 4.79 Å². The first-order valence-corrected chi connectivity index (χ1v) is 5.70. The largest absolute Gasteiger partial charge is 0.462 e. The predicted octanol–water partition coefficient (Wildman–Crippen LogP) is 1.66. The molecule has 1 saturated heterocycles. The number of allylic oxidation sites excluding steroid dienone is 1. The van der Waals surface area contributed by atoms with E-state index < -0.39 is 0 Å². The summed E-state index contributed by atoms with van der Waals surface area (Å²) in [6.45, 7) is 2.36. The van der Waals surface area contributed by atoms with Gasteiger partial charge in [0.15, 0.2) is 0 Å². The molecule has 1 aliphatic heterocycles. The Morgan fingerprint density at radius 3 is 3.13 bits per heavy atom. The molecule has 3 nitrogen and oxygen atoms in total. The zero-order valence-electron chi connectivity index (χ0n) is 9.11. The minimum absolute atomic E-state index is 0.0452. The van der Waals surface area contributed by atoms with Crippen molar-refractivity contribution in [1.29, 1.82) is 0 Å². The molecule has 0 radical (unpaired) electrons. The standard InChI is InChI=1S/C12H18O3/c1-8-6-11-10(7-12(14)15-11)3-2-9(8)4-5-13/h2,8,10-11,13H,3-7H2,1H3/t8-,10+,11-/m0/s1. The molecule has 3 atom stereocenters. The molecule has 15 heavy (non-hydrogen) atoms. The lowest BCUT2D eigenvalue weighted by atomic mass is 9.92. The maximum Gasteiger partial charge on any atom is 0.306 e. The number of carbonyl (C=O) groups excluding carboxylic acids is 1. The highest BCUT2D eigenvalue weighted by atomic mass is 16.5. The van der Waals surface area contributed by atoms with Gasteiger partial charge in [-0.05, 0) is 25.2 Å². The van der Waals surface area contributed by atoms with Gasteiger partial charge in [0, 0.05) is 12.5 Å². The number of hydrogen-bond donors (Lipinski definition) is 1. The van der Waals surface area contributed by atoms with E-state index in [1.165, 1.54) is 5.57 Å². The summed E-state index contributed by atoms with van der Waals surface area (Å²) < 4.78 is 5.31. The summed E-state index contributed by atoms with van der Waals surface area (Å²) in [6.07, 6.45) is 5.49. The van der Waals surface area contributed by atoms with Gasteiger partial charge in [0.2, 0.25) is 0 Å². The van der Waals surface area contributed by atoms with Crippen molar-refractivity contribution in [3.8, 4) is 0 Å². The van der Waals surface area contributed by atoms with E-state index in [0.717, 1.165) is 19.3 Å². The van der Waals surface area contributed by atoms with Crippen LogP contribution in [0, 0.1) is 11.8 Å². The first-order valence-electron chi connectivity index (χ1n) is 5.70. The first-order chi connectivity index (χ1) is 7.20. The van der Waals surface area contributed by atoms with Crippen LogP contribution in [0.2, 0.25) is 0 Å². The average molecular weight is 210 g/mol.